The van der Waals surface area contributed by atoms with Crippen LogP contribution in [0.1, 0.15) is 25.8 Å². The van der Waals surface area contributed by atoms with Crippen molar-refractivity contribution in [3.05, 3.63) is 29.8 Å². The Balaban J connectivity index is 2.19. The van der Waals surface area contributed by atoms with Crippen molar-refractivity contribution >= 4 is 10.0 Å². The second-order valence-electron chi connectivity index (χ2n) is 5.56. The van der Waals surface area contributed by atoms with Gasteiger partial charge in [0.05, 0.1) is 17.5 Å². The Morgan fingerprint density at radius 1 is 1.33 bits per heavy atom. The fourth-order valence-electron chi connectivity index (χ4n) is 2.73. The second-order valence-corrected chi connectivity index (χ2v) is 7.45. The van der Waals surface area contributed by atoms with Gasteiger partial charge in [-0.15, -0.1) is 0 Å². The van der Waals surface area contributed by atoms with Gasteiger partial charge in [-0.25, -0.2) is 8.42 Å². The summed E-state index contributed by atoms with van der Waals surface area (Å²) < 4.78 is 26.8. The predicted molar refractivity (Wildman–Crippen MR) is 82.4 cm³/mol. The van der Waals surface area contributed by atoms with E-state index in [4.69, 9.17) is 0 Å². The Hall–Kier alpha value is -0.950. The van der Waals surface area contributed by atoms with E-state index in [1.165, 1.54) is 4.31 Å². The lowest BCUT2D eigenvalue weighted by atomic mass is 10.0. The molecule has 0 radical (unpaired) electrons. The molecule has 1 aliphatic heterocycles. The van der Waals surface area contributed by atoms with Crippen molar-refractivity contribution in [3.63, 3.8) is 0 Å². The lowest BCUT2D eigenvalue weighted by Crippen LogP contribution is -2.39. The molecule has 2 rings (SSSR count). The molecule has 6 heteroatoms. The van der Waals surface area contributed by atoms with Crippen LogP contribution in [0.5, 0.6) is 0 Å². The molecule has 2 unspecified atom stereocenters. The highest BCUT2D eigenvalue weighted by atomic mass is 32.2. The molecule has 1 heterocycles. The first-order valence-electron chi connectivity index (χ1n) is 7.43. The predicted octanol–water partition coefficient (Wildman–Crippen LogP) is 1.19. The molecule has 0 amide bonds. The van der Waals surface area contributed by atoms with Gasteiger partial charge in [0.2, 0.25) is 10.0 Å². The van der Waals surface area contributed by atoms with Gasteiger partial charge in [0.25, 0.3) is 0 Å². The topological polar surface area (TPSA) is 69.6 Å². The van der Waals surface area contributed by atoms with Crippen molar-refractivity contribution in [2.24, 2.45) is 5.92 Å². The minimum absolute atomic E-state index is 0.126. The third kappa shape index (κ3) is 3.45. The Kier molecular flexibility index (Phi) is 5.37. The van der Waals surface area contributed by atoms with Gasteiger partial charge in [0, 0.05) is 13.1 Å². The summed E-state index contributed by atoms with van der Waals surface area (Å²) in [6.07, 6.45) is 0.795. The summed E-state index contributed by atoms with van der Waals surface area (Å²) in [5, 5.41) is 12.7. The van der Waals surface area contributed by atoms with Gasteiger partial charge in [-0.3, -0.25) is 0 Å². The van der Waals surface area contributed by atoms with Crippen LogP contribution in [0.4, 0.5) is 0 Å². The quantitative estimate of drug-likeness (QED) is 0.828. The van der Waals surface area contributed by atoms with Crippen molar-refractivity contribution in [1.82, 2.24) is 9.62 Å². The van der Waals surface area contributed by atoms with E-state index in [1.807, 2.05) is 26.0 Å². The molecule has 1 aliphatic rings. The molecular weight excluding hydrogens is 288 g/mol. The molecule has 0 saturated carbocycles. The van der Waals surface area contributed by atoms with E-state index in [-0.39, 0.29) is 18.6 Å². The molecule has 0 bridgehead atoms. The van der Waals surface area contributed by atoms with E-state index in [9.17, 15) is 13.5 Å². The highest BCUT2D eigenvalue weighted by Gasteiger charge is 2.39. The fraction of sp³-hybridized carbons (Fsp3) is 0.600. The van der Waals surface area contributed by atoms with Gasteiger partial charge in [-0.2, -0.15) is 4.31 Å². The number of benzene rings is 1. The maximum Gasteiger partial charge on any atom is 0.243 e. The third-order valence-corrected chi connectivity index (χ3v) is 6.07. The highest BCUT2D eigenvalue weighted by molar-refractivity contribution is 7.89. The van der Waals surface area contributed by atoms with Crippen LogP contribution in [0.15, 0.2) is 29.2 Å². The van der Waals surface area contributed by atoms with E-state index in [1.54, 1.807) is 12.1 Å². The molecule has 2 atom stereocenters. The average molecular weight is 312 g/mol. The number of aliphatic hydroxyl groups excluding tert-OH is 1. The molecule has 0 aliphatic carbocycles. The van der Waals surface area contributed by atoms with Crippen LogP contribution in [0.2, 0.25) is 0 Å². The Morgan fingerprint density at radius 2 is 2.00 bits per heavy atom. The summed E-state index contributed by atoms with van der Waals surface area (Å²) in [6.45, 7) is 5.98. The van der Waals surface area contributed by atoms with Crippen LogP contribution in [-0.4, -0.2) is 43.6 Å². The number of hydrogen-bond donors (Lipinski definition) is 2. The molecule has 1 fully saturated rings. The van der Waals surface area contributed by atoms with E-state index in [2.05, 4.69) is 5.32 Å². The summed E-state index contributed by atoms with van der Waals surface area (Å²) in [5.41, 5.74) is 1.06. The number of rotatable bonds is 6. The summed E-state index contributed by atoms with van der Waals surface area (Å²) in [5.74, 6) is 0.192. The fourth-order valence-corrected chi connectivity index (χ4v) is 4.45. The molecular formula is C15H24N2O3S. The first-order chi connectivity index (χ1) is 10.0. The van der Waals surface area contributed by atoms with E-state index < -0.39 is 10.0 Å². The maximum absolute atomic E-state index is 12.7. The summed E-state index contributed by atoms with van der Waals surface area (Å²) in [7, 11) is -3.52. The van der Waals surface area contributed by atoms with Crippen LogP contribution < -0.4 is 5.32 Å². The normalized spacial score (nSPS) is 23.6. The summed E-state index contributed by atoms with van der Waals surface area (Å²) >= 11 is 0. The van der Waals surface area contributed by atoms with Crippen molar-refractivity contribution < 1.29 is 13.5 Å². The zero-order valence-electron chi connectivity index (χ0n) is 12.6. The van der Waals surface area contributed by atoms with Crippen molar-refractivity contribution in [3.8, 4) is 0 Å². The smallest absolute Gasteiger partial charge is 0.243 e. The Labute approximate surface area is 127 Å². The molecule has 118 valence electrons. The molecule has 2 N–H and O–H groups in total. The van der Waals surface area contributed by atoms with Crippen molar-refractivity contribution in [1.29, 1.82) is 0 Å². The number of nitrogens with zero attached hydrogens (tertiary/aromatic N) is 1. The molecule has 0 spiro atoms. The van der Waals surface area contributed by atoms with Gasteiger partial charge in [-0.1, -0.05) is 26.0 Å². The zero-order chi connectivity index (χ0) is 15.5. The van der Waals surface area contributed by atoms with Crippen LogP contribution in [0, 0.1) is 5.92 Å². The average Bonchev–Trinajstić information content (AvgIpc) is 2.87. The van der Waals surface area contributed by atoms with Crippen molar-refractivity contribution in [2.75, 3.05) is 19.7 Å². The minimum atomic E-state index is -3.52. The Morgan fingerprint density at radius 3 is 2.57 bits per heavy atom. The van der Waals surface area contributed by atoms with Crippen LogP contribution in [0.25, 0.3) is 0 Å². The third-order valence-electron chi connectivity index (χ3n) is 4.13. The number of nitrogens with one attached hydrogen (secondary N) is 1. The van der Waals surface area contributed by atoms with Gasteiger partial charge in [0.15, 0.2) is 0 Å². The van der Waals surface area contributed by atoms with E-state index in [0.29, 0.717) is 11.4 Å². The molecule has 5 nitrogen and oxygen atoms in total. The van der Waals surface area contributed by atoms with Crippen molar-refractivity contribution in [2.45, 2.75) is 37.8 Å². The first-order valence-corrected chi connectivity index (χ1v) is 8.87. The standard InChI is InChI=1S/C15H24N2O3S/c1-3-16-10-13-4-6-14(7-5-13)21(19,20)17-9-8-12(2)15(17)11-18/h4-7,12,15-16,18H,3,8-11H2,1-2H3. The van der Waals surface area contributed by atoms with Gasteiger partial charge < -0.3 is 10.4 Å². The monoisotopic (exact) mass is 312 g/mol. The molecule has 0 aromatic heterocycles. The van der Waals surface area contributed by atoms with Gasteiger partial charge in [0.1, 0.15) is 0 Å². The minimum Gasteiger partial charge on any atom is -0.395 e. The van der Waals surface area contributed by atoms with Crippen LogP contribution in [0.3, 0.4) is 0 Å². The first kappa shape index (κ1) is 16.4. The summed E-state index contributed by atoms with van der Waals surface area (Å²) in [4.78, 5) is 0.301. The van der Waals surface area contributed by atoms with Gasteiger partial charge >= 0.3 is 0 Å². The maximum atomic E-state index is 12.7. The highest BCUT2D eigenvalue weighted by Crippen LogP contribution is 2.29. The lowest BCUT2D eigenvalue weighted by Gasteiger charge is -2.24. The number of sulfonamides is 1. The van der Waals surface area contributed by atoms with E-state index >= 15 is 0 Å². The van der Waals surface area contributed by atoms with Gasteiger partial charge in [-0.05, 0) is 36.6 Å². The molecule has 1 aromatic rings. The second kappa shape index (κ2) is 6.87. The largest absolute Gasteiger partial charge is 0.395 e. The lowest BCUT2D eigenvalue weighted by molar-refractivity contribution is 0.191. The SMILES string of the molecule is CCNCc1ccc(S(=O)(=O)N2CCC(C)C2CO)cc1. The number of hydrogen-bond acceptors (Lipinski definition) is 4. The zero-order valence-corrected chi connectivity index (χ0v) is 13.4. The summed E-state index contributed by atoms with van der Waals surface area (Å²) in [6, 6.07) is 6.67. The van der Waals surface area contributed by atoms with E-state index in [0.717, 1.165) is 25.1 Å². The molecule has 21 heavy (non-hydrogen) atoms. The van der Waals surface area contributed by atoms with Crippen LogP contribution in [-0.2, 0) is 16.6 Å². The van der Waals surface area contributed by atoms with Crippen LogP contribution >= 0.6 is 0 Å². The molecule has 1 aromatic carbocycles. The Bertz CT molecular complexity index is 557. The number of aliphatic hydroxyl groups is 1. The molecule has 1 saturated heterocycles.